The molecule has 0 aromatic heterocycles. The van der Waals surface area contributed by atoms with E-state index in [1.807, 2.05) is 42.5 Å². The van der Waals surface area contributed by atoms with Crippen molar-refractivity contribution in [3.63, 3.8) is 0 Å². The smallest absolute Gasteiger partial charge is 0.349 e. The van der Waals surface area contributed by atoms with E-state index >= 15 is 0 Å². The number of fused-ring (bicyclic) bond motifs is 1. The Morgan fingerprint density at radius 1 is 1.07 bits per heavy atom. The molecule has 0 spiro atoms. The summed E-state index contributed by atoms with van der Waals surface area (Å²) >= 11 is 0. The van der Waals surface area contributed by atoms with Crippen LogP contribution in [0.1, 0.15) is 24.8 Å². The van der Waals surface area contributed by atoms with E-state index in [-0.39, 0.29) is 24.0 Å². The molecule has 0 amide bonds. The summed E-state index contributed by atoms with van der Waals surface area (Å²) in [5, 5.41) is 3.55. The van der Waals surface area contributed by atoms with Crippen LogP contribution in [0.5, 0.6) is 17.2 Å². The van der Waals surface area contributed by atoms with Crippen LogP contribution in [0, 0.1) is 0 Å². The second kappa shape index (κ2) is 8.79. The van der Waals surface area contributed by atoms with Crippen molar-refractivity contribution in [2.75, 3.05) is 27.4 Å². The molecule has 2 aliphatic rings. The Hall–Kier alpha value is -2.99. The third-order valence-corrected chi connectivity index (χ3v) is 6.00. The molecule has 30 heavy (non-hydrogen) atoms. The van der Waals surface area contributed by atoms with Gasteiger partial charge in [-0.3, -0.25) is 0 Å². The number of rotatable bonds is 7. The molecule has 2 aromatic rings. The highest BCUT2D eigenvalue weighted by molar-refractivity contribution is 5.72. The predicted molar refractivity (Wildman–Crippen MR) is 113 cm³/mol. The van der Waals surface area contributed by atoms with E-state index in [1.165, 1.54) is 5.56 Å². The molecule has 6 nitrogen and oxygen atoms in total. The Kier molecular flexibility index (Phi) is 5.95. The number of carbonyl (C=O) groups excluding carboxylic acids is 1. The number of methoxy groups -OCH3 is 2. The van der Waals surface area contributed by atoms with Gasteiger partial charge in [0.2, 0.25) is 0 Å². The highest BCUT2D eigenvalue weighted by Crippen LogP contribution is 2.46. The fraction of sp³-hybridized carbons (Fsp3) is 0.375. The molecule has 1 saturated heterocycles. The van der Waals surface area contributed by atoms with Gasteiger partial charge >= 0.3 is 5.97 Å². The van der Waals surface area contributed by atoms with Gasteiger partial charge in [-0.15, -0.1) is 0 Å². The minimum absolute atomic E-state index is 0.0456. The molecule has 1 aliphatic heterocycles. The molecule has 0 bridgehead atoms. The second-order valence-electron chi connectivity index (χ2n) is 7.62. The first kappa shape index (κ1) is 20.3. The fourth-order valence-electron chi connectivity index (χ4n) is 4.45. The minimum Gasteiger partial charge on any atom is -0.493 e. The van der Waals surface area contributed by atoms with Crippen LogP contribution in [0.3, 0.4) is 0 Å². The number of para-hydroxylation sites is 1. The molecule has 2 aromatic carbocycles. The molecule has 4 rings (SSSR count). The highest BCUT2D eigenvalue weighted by Gasteiger charge is 2.46. The average molecular weight is 409 g/mol. The molecule has 158 valence electrons. The summed E-state index contributed by atoms with van der Waals surface area (Å²) in [7, 11) is 3.29. The third kappa shape index (κ3) is 4.00. The number of hydrogen-bond donors (Lipinski definition) is 1. The standard InChI is InChI=1S/C24H27NO5/c1-27-20-9-8-17(14-21(20)28-2)24-11-10-19(15-22(24)25-13-12-24)30-23(26)16-29-18-6-4-3-5-7-18/h3-9,14-15,22,25H,10-13,16H2,1-2H3. The van der Waals surface area contributed by atoms with E-state index in [9.17, 15) is 4.79 Å². The maximum Gasteiger partial charge on any atom is 0.349 e. The van der Waals surface area contributed by atoms with Crippen LogP contribution < -0.4 is 19.5 Å². The first-order chi connectivity index (χ1) is 14.6. The zero-order chi connectivity index (χ0) is 21.0. The maximum absolute atomic E-state index is 12.2. The first-order valence-electron chi connectivity index (χ1n) is 10.2. The van der Waals surface area contributed by atoms with Crippen molar-refractivity contribution in [1.82, 2.24) is 5.32 Å². The van der Waals surface area contributed by atoms with Gasteiger partial charge in [0.1, 0.15) is 11.5 Å². The van der Waals surface area contributed by atoms with Gasteiger partial charge in [-0.25, -0.2) is 4.79 Å². The van der Waals surface area contributed by atoms with Crippen molar-refractivity contribution in [3.05, 3.63) is 65.9 Å². The lowest BCUT2D eigenvalue weighted by Crippen LogP contribution is -2.42. The van der Waals surface area contributed by atoms with Crippen molar-refractivity contribution >= 4 is 5.97 Å². The molecule has 1 fully saturated rings. The van der Waals surface area contributed by atoms with Gasteiger partial charge in [0.25, 0.3) is 0 Å². The molecule has 2 atom stereocenters. The van der Waals surface area contributed by atoms with Crippen LogP contribution in [-0.2, 0) is 14.9 Å². The first-order valence-corrected chi connectivity index (χ1v) is 10.2. The van der Waals surface area contributed by atoms with Crippen molar-refractivity contribution < 1.29 is 23.7 Å². The van der Waals surface area contributed by atoms with E-state index in [0.29, 0.717) is 17.9 Å². The zero-order valence-electron chi connectivity index (χ0n) is 17.4. The lowest BCUT2D eigenvalue weighted by Gasteiger charge is -2.38. The highest BCUT2D eigenvalue weighted by atomic mass is 16.6. The molecular formula is C24H27NO5. The summed E-state index contributed by atoms with van der Waals surface area (Å²) < 4.78 is 22.0. The number of hydrogen-bond acceptors (Lipinski definition) is 6. The van der Waals surface area contributed by atoms with Crippen LogP contribution in [0.4, 0.5) is 0 Å². The minimum atomic E-state index is -0.387. The molecule has 0 saturated carbocycles. The summed E-state index contributed by atoms with van der Waals surface area (Å²) in [6, 6.07) is 15.5. The number of carbonyl (C=O) groups is 1. The van der Waals surface area contributed by atoms with E-state index in [0.717, 1.165) is 30.9 Å². The Balaban J connectivity index is 1.46. The molecule has 6 heteroatoms. The monoisotopic (exact) mass is 409 g/mol. The molecule has 1 aliphatic carbocycles. The summed E-state index contributed by atoms with van der Waals surface area (Å²) in [6.45, 7) is 0.800. The van der Waals surface area contributed by atoms with Crippen molar-refractivity contribution in [2.45, 2.75) is 30.7 Å². The summed E-state index contributed by atoms with van der Waals surface area (Å²) in [5.74, 6) is 2.42. The Bertz CT molecular complexity index is 926. The van der Waals surface area contributed by atoms with Gasteiger partial charge in [0, 0.05) is 17.9 Å². The van der Waals surface area contributed by atoms with Gasteiger partial charge in [-0.1, -0.05) is 24.3 Å². The Morgan fingerprint density at radius 2 is 1.87 bits per heavy atom. The van der Waals surface area contributed by atoms with Crippen LogP contribution in [0.15, 0.2) is 60.4 Å². The van der Waals surface area contributed by atoms with Crippen molar-refractivity contribution in [1.29, 1.82) is 0 Å². The van der Waals surface area contributed by atoms with E-state index in [4.69, 9.17) is 18.9 Å². The van der Waals surface area contributed by atoms with Gasteiger partial charge in [-0.2, -0.15) is 0 Å². The quantitative estimate of drug-likeness (QED) is 0.705. The number of benzene rings is 2. The number of allylic oxidation sites excluding steroid dienone is 1. The number of esters is 1. The molecule has 1 heterocycles. The van der Waals surface area contributed by atoms with Crippen LogP contribution in [0.2, 0.25) is 0 Å². The second-order valence-corrected chi connectivity index (χ2v) is 7.62. The Morgan fingerprint density at radius 3 is 2.63 bits per heavy atom. The lowest BCUT2D eigenvalue weighted by atomic mass is 9.68. The number of nitrogens with one attached hydrogen (secondary N) is 1. The maximum atomic E-state index is 12.2. The molecule has 1 N–H and O–H groups in total. The van der Waals surface area contributed by atoms with E-state index in [1.54, 1.807) is 14.2 Å². The van der Waals surface area contributed by atoms with E-state index in [2.05, 4.69) is 17.4 Å². The van der Waals surface area contributed by atoms with Crippen LogP contribution in [0.25, 0.3) is 0 Å². The van der Waals surface area contributed by atoms with Gasteiger partial charge in [-0.05, 0) is 55.3 Å². The van der Waals surface area contributed by atoms with Crippen LogP contribution >= 0.6 is 0 Å². The normalized spacial score (nSPS) is 22.6. The SMILES string of the molecule is COc1ccc(C23CCNC2C=C(OC(=O)COc2ccccc2)CC3)cc1OC. The lowest BCUT2D eigenvalue weighted by molar-refractivity contribution is -0.142. The Labute approximate surface area is 176 Å². The largest absolute Gasteiger partial charge is 0.493 e. The van der Waals surface area contributed by atoms with E-state index < -0.39 is 0 Å². The summed E-state index contributed by atoms with van der Waals surface area (Å²) in [6.07, 6.45) is 4.65. The van der Waals surface area contributed by atoms with Gasteiger partial charge in [0.15, 0.2) is 18.1 Å². The molecule has 0 radical (unpaired) electrons. The molecular weight excluding hydrogens is 382 g/mol. The summed E-state index contributed by atoms with van der Waals surface area (Å²) in [4.78, 5) is 12.2. The predicted octanol–water partition coefficient (Wildman–Crippen LogP) is 3.60. The topological polar surface area (TPSA) is 66.0 Å². The summed E-state index contributed by atoms with van der Waals surface area (Å²) in [5.41, 5.74) is 1.17. The van der Waals surface area contributed by atoms with Crippen molar-refractivity contribution in [2.24, 2.45) is 0 Å². The van der Waals surface area contributed by atoms with Crippen molar-refractivity contribution in [3.8, 4) is 17.2 Å². The third-order valence-electron chi connectivity index (χ3n) is 6.00. The average Bonchev–Trinajstić information content (AvgIpc) is 3.22. The molecule has 2 unspecified atom stereocenters. The zero-order valence-corrected chi connectivity index (χ0v) is 17.4. The van der Waals surface area contributed by atoms with Gasteiger partial charge < -0.3 is 24.3 Å². The van der Waals surface area contributed by atoms with Crippen LogP contribution in [-0.4, -0.2) is 39.4 Å². The fourth-order valence-corrected chi connectivity index (χ4v) is 4.45. The van der Waals surface area contributed by atoms with Gasteiger partial charge in [0.05, 0.1) is 14.2 Å². The number of ether oxygens (including phenoxy) is 4.